The molecule has 0 fully saturated rings. The maximum absolute atomic E-state index is 12.0. The van der Waals surface area contributed by atoms with Gasteiger partial charge in [0.15, 0.2) is 0 Å². The molecule has 0 heterocycles. The number of nitrogens with zero attached hydrogens (tertiary/aromatic N) is 1. The molecule has 0 aromatic heterocycles. The standard InChI is InChI=1S/C12H29N3O2S/c1-10(2)13-8-11(3)18(16,17)14-9-12(4,5)15(6)7/h10-11,13-14H,8-9H2,1-7H3. The lowest BCUT2D eigenvalue weighted by molar-refractivity contribution is 0.198. The fraction of sp³-hybridized carbons (Fsp3) is 1.00. The maximum Gasteiger partial charge on any atom is 0.215 e. The number of rotatable bonds is 8. The Bertz CT molecular complexity index is 337. The topological polar surface area (TPSA) is 61.4 Å². The van der Waals surface area contributed by atoms with E-state index in [4.69, 9.17) is 0 Å². The van der Waals surface area contributed by atoms with Crippen molar-refractivity contribution in [2.24, 2.45) is 0 Å². The van der Waals surface area contributed by atoms with Gasteiger partial charge in [0.2, 0.25) is 10.0 Å². The molecule has 0 aliphatic rings. The molecular weight excluding hydrogens is 250 g/mol. The van der Waals surface area contributed by atoms with Gasteiger partial charge in [0, 0.05) is 24.7 Å². The molecule has 0 radical (unpaired) electrons. The van der Waals surface area contributed by atoms with Crippen LogP contribution in [0, 0.1) is 0 Å². The summed E-state index contributed by atoms with van der Waals surface area (Å²) in [4.78, 5) is 2.01. The molecule has 0 aromatic carbocycles. The van der Waals surface area contributed by atoms with Crippen molar-refractivity contribution in [1.29, 1.82) is 0 Å². The Morgan fingerprint density at radius 3 is 2.06 bits per heavy atom. The lowest BCUT2D eigenvalue weighted by atomic mass is 10.1. The first-order valence-electron chi connectivity index (χ1n) is 6.38. The van der Waals surface area contributed by atoms with Gasteiger partial charge >= 0.3 is 0 Å². The summed E-state index contributed by atoms with van der Waals surface area (Å²) in [5.41, 5.74) is -0.196. The van der Waals surface area contributed by atoms with Crippen molar-refractivity contribution in [1.82, 2.24) is 14.9 Å². The zero-order chi connectivity index (χ0) is 14.6. The van der Waals surface area contributed by atoms with Gasteiger partial charge in [0.05, 0.1) is 5.25 Å². The van der Waals surface area contributed by atoms with Gasteiger partial charge in [-0.05, 0) is 34.9 Å². The van der Waals surface area contributed by atoms with Crippen LogP contribution in [-0.2, 0) is 10.0 Å². The molecule has 0 aliphatic carbocycles. The number of nitrogens with one attached hydrogen (secondary N) is 2. The van der Waals surface area contributed by atoms with Crippen molar-refractivity contribution in [2.45, 2.75) is 51.4 Å². The van der Waals surface area contributed by atoms with Gasteiger partial charge in [-0.3, -0.25) is 0 Å². The van der Waals surface area contributed by atoms with Gasteiger partial charge in [0.1, 0.15) is 0 Å². The highest BCUT2D eigenvalue weighted by Gasteiger charge is 2.26. The summed E-state index contributed by atoms with van der Waals surface area (Å²) >= 11 is 0. The normalized spacial score (nSPS) is 15.4. The van der Waals surface area contributed by atoms with E-state index in [1.165, 1.54) is 0 Å². The Labute approximate surface area is 112 Å². The second kappa shape index (κ2) is 6.84. The van der Waals surface area contributed by atoms with Crippen LogP contribution in [0.4, 0.5) is 0 Å². The number of hydrogen-bond donors (Lipinski definition) is 2. The lowest BCUT2D eigenvalue weighted by Crippen LogP contribution is -2.50. The SMILES string of the molecule is CC(C)NCC(C)S(=O)(=O)NCC(C)(C)N(C)C. The third-order valence-corrected chi connectivity index (χ3v) is 5.03. The van der Waals surface area contributed by atoms with E-state index in [2.05, 4.69) is 10.0 Å². The summed E-state index contributed by atoms with van der Waals surface area (Å²) in [6, 6.07) is 0.292. The van der Waals surface area contributed by atoms with Crippen LogP contribution in [0.2, 0.25) is 0 Å². The molecule has 2 N–H and O–H groups in total. The first kappa shape index (κ1) is 17.8. The van der Waals surface area contributed by atoms with Crippen molar-refractivity contribution < 1.29 is 8.42 Å². The van der Waals surface area contributed by atoms with E-state index in [1.807, 2.05) is 46.7 Å². The molecule has 0 rings (SSSR count). The number of hydrogen-bond acceptors (Lipinski definition) is 4. The summed E-state index contributed by atoms with van der Waals surface area (Å²) in [7, 11) is 0.623. The van der Waals surface area contributed by atoms with Crippen molar-refractivity contribution in [2.75, 3.05) is 27.2 Å². The second-order valence-corrected chi connectivity index (χ2v) is 8.13. The highest BCUT2D eigenvalue weighted by molar-refractivity contribution is 7.90. The maximum atomic E-state index is 12.0. The Balaban J connectivity index is 4.40. The predicted octanol–water partition coefficient (Wildman–Crippen LogP) is 0.633. The van der Waals surface area contributed by atoms with E-state index in [0.29, 0.717) is 19.1 Å². The Hall–Kier alpha value is -0.170. The summed E-state index contributed by atoms with van der Waals surface area (Å²) < 4.78 is 26.8. The van der Waals surface area contributed by atoms with Crippen LogP contribution < -0.4 is 10.0 Å². The largest absolute Gasteiger partial charge is 0.313 e. The Morgan fingerprint density at radius 2 is 1.67 bits per heavy atom. The van der Waals surface area contributed by atoms with Crippen molar-refractivity contribution in [3.63, 3.8) is 0 Å². The zero-order valence-corrected chi connectivity index (χ0v) is 13.6. The van der Waals surface area contributed by atoms with Crippen molar-refractivity contribution in [3.05, 3.63) is 0 Å². The molecular formula is C12H29N3O2S. The van der Waals surface area contributed by atoms with Crippen LogP contribution in [0.1, 0.15) is 34.6 Å². The van der Waals surface area contributed by atoms with Crippen LogP contribution in [0.15, 0.2) is 0 Å². The van der Waals surface area contributed by atoms with E-state index in [-0.39, 0.29) is 5.54 Å². The molecule has 0 aromatic rings. The van der Waals surface area contributed by atoms with Crippen LogP contribution >= 0.6 is 0 Å². The zero-order valence-electron chi connectivity index (χ0n) is 12.7. The lowest BCUT2D eigenvalue weighted by Gasteiger charge is -2.33. The minimum absolute atomic E-state index is 0.196. The third-order valence-electron chi connectivity index (χ3n) is 3.26. The van der Waals surface area contributed by atoms with Gasteiger partial charge < -0.3 is 10.2 Å². The summed E-state index contributed by atoms with van der Waals surface area (Å²) in [6.07, 6.45) is 0. The summed E-state index contributed by atoms with van der Waals surface area (Å²) in [5.74, 6) is 0. The van der Waals surface area contributed by atoms with Gasteiger partial charge in [0.25, 0.3) is 0 Å². The van der Waals surface area contributed by atoms with Crippen LogP contribution in [0.5, 0.6) is 0 Å². The molecule has 6 heteroatoms. The molecule has 0 bridgehead atoms. The molecule has 1 unspecified atom stereocenters. The average molecular weight is 279 g/mol. The van der Waals surface area contributed by atoms with E-state index in [0.717, 1.165) is 0 Å². The molecule has 0 spiro atoms. The molecule has 5 nitrogen and oxygen atoms in total. The Morgan fingerprint density at radius 1 is 1.17 bits per heavy atom. The summed E-state index contributed by atoms with van der Waals surface area (Å²) in [5, 5.41) is 2.71. The van der Waals surface area contributed by atoms with Crippen LogP contribution in [0.3, 0.4) is 0 Å². The third kappa shape index (κ3) is 6.13. The first-order valence-corrected chi connectivity index (χ1v) is 7.93. The fourth-order valence-corrected chi connectivity index (χ4v) is 2.24. The van der Waals surface area contributed by atoms with Crippen LogP contribution in [0.25, 0.3) is 0 Å². The Kier molecular flexibility index (Phi) is 6.78. The van der Waals surface area contributed by atoms with Gasteiger partial charge in [-0.15, -0.1) is 0 Å². The van der Waals surface area contributed by atoms with Gasteiger partial charge in [-0.2, -0.15) is 0 Å². The van der Waals surface area contributed by atoms with Crippen molar-refractivity contribution >= 4 is 10.0 Å². The van der Waals surface area contributed by atoms with Crippen LogP contribution in [-0.4, -0.2) is 57.3 Å². The predicted molar refractivity (Wildman–Crippen MR) is 77.3 cm³/mol. The van der Waals surface area contributed by atoms with E-state index < -0.39 is 15.3 Å². The highest BCUT2D eigenvalue weighted by Crippen LogP contribution is 2.09. The molecule has 0 saturated heterocycles. The minimum Gasteiger partial charge on any atom is -0.313 e. The fourth-order valence-electron chi connectivity index (χ4n) is 1.09. The smallest absolute Gasteiger partial charge is 0.215 e. The molecule has 0 aliphatic heterocycles. The second-order valence-electron chi connectivity index (χ2n) is 5.95. The van der Waals surface area contributed by atoms with E-state index in [1.54, 1.807) is 6.92 Å². The molecule has 18 heavy (non-hydrogen) atoms. The van der Waals surface area contributed by atoms with E-state index >= 15 is 0 Å². The quantitative estimate of drug-likeness (QED) is 0.684. The molecule has 110 valence electrons. The van der Waals surface area contributed by atoms with Crippen molar-refractivity contribution in [3.8, 4) is 0 Å². The van der Waals surface area contributed by atoms with Gasteiger partial charge in [-0.1, -0.05) is 13.8 Å². The number of sulfonamides is 1. The number of likely N-dealkylation sites (N-methyl/N-ethyl adjacent to an activating group) is 1. The summed E-state index contributed by atoms with van der Waals surface area (Å²) in [6.45, 7) is 10.6. The minimum atomic E-state index is -3.26. The molecule has 0 saturated carbocycles. The molecule has 1 atom stereocenters. The van der Waals surface area contributed by atoms with Gasteiger partial charge in [-0.25, -0.2) is 13.1 Å². The highest BCUT2D eigenvalue weighted by atomic mass is 32.2. The first-order chi connectivity index (χ1) is 7.99. The van der Waals surface area contributed by atoms with E-state index in [9.17, 15) is 8.42 Å². The molecule has 0 amide bonds. The monoisotopic (exact) mass is 279 g/mol. The average Bonchev–Trinajstić information content (AvgIpc) is 2.23.